The molecule has 1 saturated heterocycles. The quantitative estimate of drug-likeness (QED) is 0.366. The summed E-state index contributed by atoms with van der Waals surface area (Å²) in [5, 5.41) is 13.5. The van der Waals surface area contributed by atoms with Crippen molar-refractivity contribution in [3.63, 3.8) is 0 Å². The number of aliphatic imine (C=N–C) groups is 1. The molecule has 158 valence electrons. The lowest BCUT2D eigenvalue weighted by atomic mass is 10.1. The molecule has 1 heterocycles. The summed E-state index contributed by atoms with van der Waals surface area (Å²) < 4.78 is 5.42. The van der Waals surface area contributed by atoms with E-state index in [1.807, 2.05) is 25.1 Å². The lowest BCUT2D eigenvalue weighted by Crippen LogP contribution is -2.52. The normalized spacial score (nSPS) is 14.4. The van der Waals surface area contributed by atoms with Gasteiger partial charge in [-0.2, -0.15) is 0 Å². The zero-order chi connectivity index (χ0) is 19.9. The molecule has 1 fully saturated rings. The number of piperazine rings is 1. The molecule has 2 N–H and O–H groups in total. The first-order chi connectivity index (χ1) is 13.6. The van der Waals surface area contributed by atoms with E-state index in [0.29, 0.717) is 12.3 Å². The van der Waals surface area contributed by atoms with Gasteiger partial charge in [0.05, 0.1) is 19.3 Å². The summed E-state index contributed by atoms with van der Waals surface area (Å²) in [4.78, 5) is 9.34. The van der Waals surface area contributed by atoms with Crippen molar-refractivity contribution < 1.29 is 9.84 Å². The molecule has 1 aliphatic rings. The van der Waals surface area contributed by atoms with Crippen molar-refractivity contribution in [2.45, 2.75) is 20.4 Å². The fourth-order valence-electron chi connectivity index (χ4n) is 3.45. The molecule has 2 aromatic rings. The molecule has 0 aliphatic carbocycles. The van der Waals surface area contributed by atoms with E-state index in [9.17, 15) is 5.11 Å². The highest BCUT2D eigenvalue weighted by atomic mass is 127. The van der Waals surface area contributed by atoms with Crippen LogP contribution in [-0.4, -0.2) is 55.8 Å². The highest BCUT2D eigenvalue weighted by Gasteiger charge is 2.21. The Labute approximate surface area is 190 Å². The molecule has 1 aliphatic heterocycles. The van der Waals surface area contributed by atoms with Gasteiger partial charge in [0, 0.05) is 32.7 Å². The van der Waals surface area contributed by atoms with E-state index in [4.69, 9.17) is 9.73 Å². The molecule has 29 heavy (non-hydrogen) atoms. The number of para-hydroxylation sites is 2. The number of anilines is 1. The van der Waals surface area contributed by atoms with Crippen LogP contribution in [0.25, 0.3) is 0 Å². The number of phenols is 1. The standard InChI is InChI=1S/C22H30N4O2.HI/c1-4-23-22(24-16-18-10-9-17(2)21(15-18)28-3)26-13-11-25(12-14-26)19-7-5-6-8-20(19)27;/h5-10,15,27H,4,11-14,16H2,1-3H3,(H,23,24);1H. The highest BCUT2D eigenvalue weighted by molar-refractivity contribution is 14.0. The third-order valence-corrected chi connectivity index (χ3v) is 5.02. The maximum absolute atomic E-state index is 10.1. The van der Waals surface area contributed by atoms with Crippen LogP contribution < -0.4 is 15.0 Å². The van der Waals surface area contributed by atoms with Crippen LogP contribution in [0.3, 0.4) is 0 Å². The Hall–Kier alpha value is -2.16. The van der Waals surface area contributed by atoms with Crippen molar-refractivity contribution in [1.29, 1.82) is 0 Å². The SMILES string of the molecule is CCNC(=NCc1ccc(C)c(OC)c1)N1CCN(c2ccccc2O)CC1.I. The molecular weight excluding hydrogens is 479 g/mol. The zero-order valence-corrected chi connectivity index (χ0v) is 19.7. The first-order valence-electron chi connectivity index (χ1n) is 9.82. The summed E-state index contributed by atoms with van der Waals surface area (Å²) in [5.74, 6) is 2.16. The number of hydrogen-bond donors (Lipinski definition) is 2. The Bertz CT molecular complexity index is 820. The number of halogens is 1. The third kappa shape index (κ3) is 5.91. The maximum Gasteiger partial charge on any atom is 0.194 e. The van der Waals surface area contributed by atoms with Crippen LogP contribution >= 0.6 is 24.0 Å². The number of nitrogens with one attached hydrogen (secondary N) is 1. The molecule has 0 amide bonds. The molecule has 0 atom stereocenters. The number of methoxy groups -OCH3 is 1. The molecule has 7 heteroatoms. The Balaban J connectivity index is 0.00000300. The van der Waals surface area contributed by atoms with E-state index in [2.05, 4.69) is 40.2 Å². The van der Waals surface area contributed by atoms with Gasteiger partial charge in [-0.05, 0) is 43.2 Å². The zero-order valence-electron chi connectivity index (χ0n) is 17.4. The van der Waals surface area contributed by atoms with E-state index >= 15 is 0 Å². The Morgan fingerprint density at radius 1 is 1.14 bits per heavy atom. The lowest BCUT2D eigenvalue weighted by molar-refractivity contribution is 0.369. The fourth-order valence-corrected chi connectivity index (χ4v) is 3.45. The molecule has 2 aromatic carbocycles. The maximum atomic E-state index is 10.1. The minimum Gasteiger partial charge on any atom is -0.506 e. The smallest absolute Gasteiger partial charge is 0.194 e. The molecule has 0 aromatic heterocycles. The number of nitrogens with zero attached hydrogens (tertiary/aromatic N) is 3. The van der Waals surface area contributed by atoms with E-state index in [-0.39, 0.29) is 24.0 Å². The number of phenolic OH excluding ortho intramolecular Hbond substituents is 1. The van der Waals surface area contributed by atoms with Gasteiger partial charge in [0.15, 0.2) is 5.96 Å². The van der Waals surface area contributed by atoms with Gasteiger partial charge in [-0.25, -0.2) is 4.99 Å². The van der Waals surface area contributed by atoms with Crippen LogP contribution in [-0.2, 0) is 6.54 Å². The third-order valence-electron chi connectivity index (χ3n) is 5.02. The molecule has 6 nitrogen and oxygen atoms in total. The summed E-state index contributed by atoms with van der Waals surface area (Å²) in [6.07, 6.45) is 0. The lowest BCUT2D eigenvalue weighted by Gasteiger charge is -2.37. The molecular formula is C22H31IN4O2. The highest BCUT2D eigenvalue weighted by Crippen LogP contribution is 2.27. The number of ether oxygens (including phenoxy) is 1. The Morgan fingerprint density at radius 3 is 2.52 bits per heavy atom. The predicted molar refractivity (Wildman–Crippen MR) is 130 cm³/mol. The van der Waals surface area contributed by atoms with Crippen molar-refractivity contribution in [2.24, 2.45) is 4.99 Å². The number of hydrogen-bond acceptors (Lipinski definition) is 4. The fraction of sp³-hybridized carbons (Fsp3) is 0.409. The summed E-state index contributed by atoms with van der Waals surface area (Å²) in [6, 6.07) is 13.7. The second-order valence-electron chi connectivity index (χ2n) is 6.94. The Kier molecular flexibility index (Phi) is 8.88. The van der Waals surface area contributed by atoms with Gasteiger partial charge in [0.2, 0.25) is 0 Å². The second-order valence-corrected chi connectivity index (χ2v) is 6.94. The molecule has 3 rings (SSSR count). The van der Waals surface area contributed by atoms with Gasteiger partial charge in [0.1, 0.15) is 11.5 Å². The van der Waals surface area contributed by atoms with Crippen molar-refractivity contribution >= 4 is 35.6 Å². The summed E-state index contributed by atoms with van der Waals surface area (Å²) in [7, 11) is 1.70. The van der Waals surface area contributed by atoms with Gasteiger partial charge < -0.3 is 25.0 Å². The van der Waals surface area contributed by atoms with Crippen LogP contribution in [0.15, 0.2) is 47.5 Å². The van der Waals surface area contributed by atoms with Crippen molar-refractivity contribution in [3.8, 4) is 11.5 Å². The summed E-state index contributed by atoms with van der Waals surface area (Å²) in [5.41, 5.74) is 3.16. The van der Waals surface area contributed by atoms with E-state index in [0.717, 1.165) is 61.2 Å². The number of aromatic hydroxyl groups is 1. The van der Waals surface area contributed by atoms with Gasteiger partial charge >= 0.3 is 0 Å². The van der Waals surface area contributed by atoms with Crippen LogP contribution in [0.5, 0.6) is 11.5 Å². The van der Waals surface area contributed by atoms with Crippen LogP contribution in [0.1, 0.15) is 18.1 Å². The number of guanidine groups is 1. The monoisotopic (exact) mass is 510 g/mol. The van der Waals surface area contributed by atoms with Gasteiger partial charge in [-0.1, -0.05) is 24.3 Å². The minimum atomic E-state index is 0. The largest absolute Gasteiger partial charge is 0.506 e. The number of benzene rings is 2. The molecule has 0 spiro atoms. The van der Waals surface area contributed by atoms with Crippen molar-refractivity contribution in [3.05, 3.63) is 53.6 Å². The van der Waals surface area contributed by atoms with Crippen molar-refractivity contribution in [2.75, 3.05) is 44.7 Å². The molecule has 0 saturated carbocycles. The summed E-state index contributed by atoms with van der Waals surface area (Å²) in [6.45, 7) is 8.98. The van der Waals surface area contributed by atoms with Gasteiger partial charge in [0.25, 0.3) is 0 Å². The molecule has 0 bridgehead atoms. The van der Waals surface area contributed by atoms with Crippen LogP contribution in [0.2, 0.25) is 0 Å². The molecule has 0 radical (unpaired) electrons. The Morgan fingerprint density at radius 2 is 1.86 bits per heavy atom. The average Bonchev–Trinajstić information content (AvgIpc) is 2.72. The van der Waals surface area contributed by atoms with Gasteiger partial charge in [-0.15, -0.1) is 24.0 Å². The number of rotatable bonds is 5. The van der Waals surface area contributed by atoms with Crippen LogP contribution in [0, 0.1) is 6.92 Å². The van der Waals surface area contributed by atoms with Gasteiger partial charge in [-0.3, -0.25) is 0 Å². The minimum absolute atomic E-state index is 0. The summed E-state index contributed by atoms with van der Waals surface area (Å²) >= 11 is 0. The predicted octanol–water partition coefficient (Wildman–Crippen LogP) is 3.61. The van der Waals surface area contributed by atoms with Crippen LogP contribution in [0.4, 0.5) is 5.69 Å². The average molecular weight is 510 g/mol. The van der Waals surface area contributed by atoms with Crippen molar-refractivity contribution in [1.82, 2.24) is 10.2 Å². The number of aryl methyl sites for hydroxylation is 1. The second kappa shape index (κ2) is 11.1. The van der Waals surface area contributed by atoms with E-state index in [1.54, 1.807) is 13.2 Å². The van der Waals surface area contributed by atoms with E-state index in [1.165, 1.54) is 0 Å². The topological polar surface area (TPSA) is 60.3 Å². The first kappa shape index (κ1) is 23.1. The van der Waals surface area contributed by atoms with E-state index < -0.39 is 0 Å². The first-order valence-corrected chi connectivity index (χ1v) is 9.82. The molecule has 0 unspecified atom stereocenters.